The molecule has 0 bridgehead atoms. The fraction of sp³-hybridized carbons (Fsp3) is 0.545. The number of rotatable bonds is 6. The second kappa shape index (κ2) is 6.15. The van der Waals surface area contributed by atoms with Gasteiger partial charge in [0.25, 0.3) is 11.6 Å². The molecular weight excluding hydrogens is 238 g/mol. The lowest BCUT2D eigenvalue weighted by Gasteiger charge is -2.16. The van der Waals surface area contributed by atoms with Crippen molar-refractivity contribution in [2.45, 2.75) is 19.9 Å². The highest BCUT2D eigenvalue weighted by Gasteiger charge is 2.21. The molecule has 1 heterocycles. The van der Waals surface area contributed by atoms with Gasteiger partial charge in [-0.15, -0.1) is 0 Å². The Balaban J connectivity index is 3.05. The molecule has 0 aliphatic carbocycles. The van der Waals surface area contributed by atoms with Gasteiger partial charge in [0.2, 0.25) is 0 Å². The van der Waals surface area contributed by atoms with Crippen LogP contribution in [0.2, 0.25) is 0 Å². The normalized spacial score (nSPS) is 10.4. The molecule has 0 spiro atoms. The zero-order valence-electron chi connectivity index (χ0n) is 10.5. The smallest absolute Gasteiger partial charge is 0.287 e. The molecular formula is C11H17N3O4. The first-order valence-electron chi connectivity index (χ1n) is 5.72. The lowest BCUT2D eigenvalue weighted by Crippen LogP contribution is -2.31. The van der Waals surface area contributed by atoms with Crippen LogP contribution in [0.3, 0.4) is 0 Å². The number of amides is 1. The van der Waals surface area contributed by atoms with Gasteiger partial charge in [-0.2, -0.15) is 0 Å². The van der Waals surface area contributed by atoms with Crippen molar-refractivity contribution in [3.05, 3.63) is 28.1 Å². The van der Waals surface area contributed by atoms with E-state index in [2.05, 4.69) is 0 Å². The Hall–Kier alpha value is -1.89. The summed E-state index contributed by atoms with van der Waals surface area (Å²) in [5.41, 5.74) is 0.184. The lowest BCUT2D eigenvalue weighted by molar-refractivity contribution is -0.384. The monoisotopic (exact) mass is 255 g/mol. The van der Waals surface area contributed by atoms with Crippen LogP contribution in [0.5, 0.6) is 0 Å². The number of aliphatic hydroxyl groups excluding tert-OH is 1. The van der Waals surface area contributed by atoms with E-state index in [1.54, 1.807) is 11.6 Å². The quantitative estimate of drug-likeness (QED) is 0.603. The van der Waals surface area contributed by atoms with Crippen LogP contribution in [-0.2, 0) is 6.54 Å². The molecule has 0 aromatic carbocycles. The third-order valence-corrected chi connectivity index (χ3v) is 2.56. The zero-order chi connectivity index (χ0) is 13.7. The molecule has 0 aliphatic heterocycles. The largest absolute Gasteiger partial charge is 0.395 e. The average Bonchev–Trinajstić information content (AvgIpc) is 2.73. The first kappa shape index (κ1) is 14.2. The zero-order valence-corrected chi connectivity index (χ0v) is 10.5. The highest BCUT2D eigenvalue weighted by molar-refractivity contribution is 5.93. The first-order chi connectivity index (χ1) is 8.51. The van der Waals surface area contributed by atoms with E-state index in [-0.39, 0.29) is 30.4 Å². The van der Waals surface area contributed by atoms with Crippen molar-refractivity contribution < 1.29 is 14.8 Å². The summed E-state index contributed by atoms with van der Waals surface area (Å²) in [6, 6.07) is 1.27. The summed E-state index contributed by atoms with van der Waals surface area (Å²) in [5, 5.41) is 19.5. The van der Waals surface area contributed by atoms with Gasteiger partial charge < -0.3 is 14.6 Å². The van der Waals surface area contributed by atoms with Crippen LogP contribution >= 0.6 is 0 Å². The number of nitro groups is 1. The highest BCUT2D eigenvalue weighted by Crippen LogP contribution is 2.18. The number of aliphatic hydroxyl groups is 1. The van der Waals surface area contributed by atoms with Crippen molar-refractivity contribution in [2.75, 3.05) is 20.2 Å². The number of hydrogen-bond acceptors (Lipinski definition) is 4. The van der Waals surface area contributed by atoms with Crippen molar-refractivity contribution in [2.24, 2.45) is 0 Å². The Morgan fingerprint density at radius 1 is 1.61 bits per heavy atom. The molecule has 0 fully saturated rings. The fourth-order valence-corrected chi connectivity index (χ4v) is 1.65. The third-order valence-electron chi connectivity index (χ3n) is 2.56. The van der Waals surface area contributed by atoms with Gasteiger partial charge in [0.15, 0.2) is 0 Å². The van der Waals surface area contributed by atoms with E-state index in [0.717, 1.165) is 6.42 Å². The molecule has 18 heavy (non-hydrogen) atoms. The maximum atomic E-state index is 12.0. The number of carbonyl (C=O) groups excluding carboxylic acids is 1. The van der Waals surface area contributed by atoms with E-state index in [4.69, 9.17) is 5.11 Å². The third kappa shape index (κ3) is 3.07. The average molecular weight is 255 g/mol. The minimum Gasteiger partial charge on any atom is -0.395 e. The number of aryl methyl sites for hydroxylation is 1. The van der Waals surface area contributed by atoms with Gasteiger partial charge in [-0.05, 0) is 6.42 Å². The Morgan fingerprint density at radius 2 is 2.28 bits per heavy atom. The van der Waals surface area contributed by atoms with Crippen molar-refractivity contribution in [3.8, 4) is 0 Å². The van der Waals surface area contributed by atoms with Gasteiger partial charge in [-0.1, -0.05) is 6.92 Å². The van der Waals surface area contributed by atoms with Crippen LogP contribution in [0.1, 0.15) is 23.8 Å². The summed E-state index contributed by atoms with van der Waals surface area (Å²) in [7, 11) is 1.55. The molecule has 0 saturated carbocycles. The molecule has 0 saturated heterocycles. The van der Waals surface area contributed by atoms with Crippen LogP contribution in [0.15, 0.2) is 12.3 Å². The molecule has 1 N–H and O–H groups in total. The maximum Gasteiger partial charge on any atom is 0.287 e. The summed E-state index contributed by atoms with van der Waals surface area (Å²) < 4.78 is 1.58. The van der Waals surface area contributed by atoms with Crippen LogP contribution < -0.4 is 0 Å². The van der Waals surface area contributed by atoms with Crippen LogP contribution in [0.4, 0.5) is 5.69 Å². The van der Waals surface area contributed by atoms with E-state index in [9.17, 15) is 14.9 Å². The van der Waals surface area contributed by atoms with Crippen LogP contribution in [-0.4, -0.2) is 45.6 Å². The predicted octanol–water partition coefficient (Wildman–Crippen LogP) is 0.871. The SMILES string of the molecule is CCCn1cc([N+](=O)[O-])cc1C(=O)N(C)CCO. The Labute approximate surface area is 105 Å². The number of likely N-dealkylation sites (N-methyl/N-ethyl adjacent to an activating group) is 1. The van der Waals surface area contributed by atoms with Gasteiger partial charge >= 0.3 is 0 Å². The van der Waals surface area contributed by atoms with Crippen molar-refractivity contribution in [3.63, 3.8) is 0 Å². The minimum atomic E-state index is -0.519. The van der Waals surface area contributed by atoms with Crippen molar-refractivity contribution >= 4 is 11.6 Å². The number of carbonyl (C=O) groups is 1. The molecule has 1 rings (SSSR count). The van der Waals surface area contributed by atoms with Crippen molar-refractivity contribution in [1.82, 2.24) is 9.47 Å². The minimum absolute atomic E-state index is 0.0933. The maximum absolute atomic E-state index is 12.0. The van der Waals surface area contributed by atoms with Gasteiger partial charge in [0, 0.05) is 26.2 Å². The number of hydrogen-bond donors (Lipinski definition) is 1. The fourth-order valence-electron chi connectivity index (χ4n) is 1.65. The molecule has 7 nitrogen and oxygen atoms in total. The summed E-state index contributed by atoms with van der Waals surface area (Å²) in [6.45, 7) is 2.53. The summed E-state index contributed by atoms with van der Waals surface area (Å²) >= 11 is 0. The van der Waals surface area contributed by atoms with E-state index in [1.807, 2.05) is 6.92 Å². The second-order valence-electron chi connectivity index (χ2n) is 3.98. The van der Waals surface area contributed by atoms with Gasteiger partial charge in [0.05, 0.1) is 17.7 Å². The Bertz CT molecular complexity index is 441. The molecule has 100 valence electrons. The summed E-state index contributed by atoms with van der Waals surface area (Å²) in [4.78, 5) is 23.6. The molecule has 1 aromatic rings. The van der Waals surface area contributed by atoms with E-state index < -0.39 is 4.92 Å². The molecule has 1 amide bonds. The molecule has 7 heteroatoms. The lowest BCUT2D eigenvalue weighted by atomic mass is 10.3. The van der Waals surface area contributed by atoms with Gasteiger partial charge in [0.1, 0.15) is 5.69 Å². The van der Waals surface area contributed by atoms with Crippen molar-refractivity contribution in [1.29, 1.82) is 0 Å². The standard InChI is InChI=1S/C11H17N3O4/c1-3-4-13-8-9(14(17)18)7-10(13)11(16)12(2)5-6-15/h7-8,15H,3-6H2,1-2H3. The van der Waals surface area contributed by atoms with Gasteiger partial charge in [-0.3, -0.25) is 14.9 Å². The van der Waals surface area contributed by atoms with Gasteiger partial charge in [-0.25, -0.2) is 0 Å². The molecule has 0 atom stereocenters. The predicted molar refractivity (Wildman–Crippen MR) is 65.4 cm³/mol. The molecule has 1 aromatic heterocycles. The second-order valence-corrected chi connectivity index (χ2v) is 3.98. The Morgan fingerprint density at radius 3 is 2.78 bits per heavy atom. The highest BCUT2D eigenvalue weighted by atomic mass is 16.6. The molecule has 0 aliphatic rings. The topological polar surface area (TPSA) is 88.6 Å². The Kier molecular flexibility index (Phi) is 4.85. The van der Waals surface area contributed by atoms with Crippen LogP contribution in [0, 0.1) is 10.1 Å². The molecule has 0 radical (unpaired) electrons. The van der Waals surface area contributed by atoms with E-state index >= 15 is 0 Å². The van der Waals surface area contributed by atoms with Crippen LogP contribution in [0.25, 0.3) is 0 Å². The number of aromatic nitrogens is 1. The molecule has 0 unspecified atom stereocenters. The van der Waals surface area contributed by atoms with E-state index in [0.29, 0.717) is 6.54 Å². The first-order valence-corrected chi connectivity index (χ1v) is 5.72. The number of nitrogens with zero attached hydrogens (tertiary/aromatic N) is 3. The van der Waals surface area contributed by atoms with E-state index in [1.165, 1.54) is 17.2 Å². The summed E-state index contributed by atoms with van der Waals surface area (Å²) in [6.07, 6.45) is 2.14. The summed E-state index contributed by atoms with van der Waals surface area (Å²) in [5.74, 6) is -0.328.